The van der Waals surface area contributed by atoms with Crippen molar-refractivity contribution in [1.82, 2.24) is 20.0 Å². The van der Waals surface area contributed by atoms with Gasteiger partial charge in [-0.25, -0.2) is 4.68 Å². The van der Waals surface area contributed by atoms with Gasteiger partial charge < -0.3 is 15.0 Å². The zero-order valence-corrected chi connectivity index (χ0v) is 15.8. The van der Waals surface area contributed by atoms with Gasteiger partial charge in [0.2, 0.25) is 0 Å². The average Bonchev–Trinajstić information content (AvgIpc) is 3.10. The number of benzene rings is 1. The van der Waals surface area contributed by atoms with Crippen LogP contribution in [0.2, 0.25) is 10.0 Å². The predicted octanol–water partition coefficient (Wildman–Crippen LogP) is 3.38. The van der Waals surface area contributed by atoms with Gasteiger partial charge >= 0.3 is 0 Å². The summed E-state index contributed by atoms with van der Waals surface area (Å²) in [6, 6.07) is 7.43. The van der Waals surface area contributed by atoms with Gasteiger partial charge in [-0.05, 0) is 43.7 Å². The predicted molar refractivity (Wildman–Crippen MR) is 102 cm³/mol. The third kappa shape index (κ3) is 5.69. The first-order chi connectivity index (χ1) is 12.2. The Morgan fingerprint density at radius 3 is 2.72 bits per heavy atom. The summed E-state index contributed by atoms with van der Waals surface area (Å²) in [4.78, 5) is 2.51. The molecule has 2 aromatic rings. The molecule has 3 rings (SSSR count). The molecule has 0 bridgehead atoms. The maximum Gasteiger partial charge on any atom is 0.0906 e. The minimum absolute atomic E-state index is 0.525. The number of nitrogens with zero attached hydrogens (tertiary/aromatic N) is 3. The van der Waals surface area contributed by atoms with Crippen LogP contribution in [0, 0.1) is 0 Å². The molecule has 1 saturated heterocycles. The molecule has 1 fully saturated rings. The third-order valence-corrected chi connectivity index (χ3v) is 5.02. The molecular weight excluding hydrogens is 359 g/mol. The summed E-state index contributed by atoms with van der Waals surface area (Å²) in [5, 5.41) is 8.96. The molecule has 25 heavy (non-hydrogen) atoms. The van der Waals surface area contributed by atoms with E-state index in [9.17, 15) is 0 Å². The number of hydrogen-bond donors (Lipinski definition) is 1. The Morgan fingerprint density at radius 2 is 1.92 bits per heavy atom. The molecule has 1 N–H and O–H groups in total. The van der Waals surface area contributed by atoms with E-state index in [2.05, 4.69) is 15.3 Å². The molecule has 1 aliphatic rings. The maximum absolute atomic E-state index is 6.05. The smallest absolute Gasteiger partial charge is 0.0906 e. The van der Waals surface area contributed by atoms with Crippen LogP contribution in [0.1, 0.15) is 18.5 Å². The van der Waals surface area contributed by atoms with Gasteiger partial charge in [-0.2, -0.15) is 5.10 Å². The van der Waals surface area contributed by atoms with Crippen LogP contribution in [-0.4, -0.2) is 54.0 Å². The summed E-state index contributed by atoms with van der Waals surface area (Å²) >= 11 is 12.0. The van der Waals surface area contributed by atoms with E-state index in [0.717, 1.165) is 57.1 Å². The van der Waals surface area contributed by atoms with E-state index in [-0.39, 0.29) is 0 Å². The minimum Gasteiger partial charge on any atom is -0.375 e. The second kappa shape index (κ2) is 9.55. The first kappa shape index (κ1) is 18.7. The molecule has 0 spiro atoms. The van der Waals surface area contributed by atoms with Crippen LogP contribution >= 0.6 is 23.2 Å². The average molecular weight is 383 g/mol. The standard InChI is InChI=1S/C18H24Cl2N4O/c19-17-4-3-16(13-18(17)20)24-9-5-15(22-24)14-25-12-2-1-8-23-10-6-21-7-11-23/h3-5,9,13,21H,1-2,6-8,10-12,14H2. The maximum atomic E-state index is 6.05. The number of nitrogens with one attached hydrogen (secondary N) is 1. The molecule has 7 heteroatoms. The van der Waals surface area contributed by atoms with Gasteiger partial charge in [-0.15, -0.1) is 0 Å². The van der Waals surface area contributed by atoms with Crippen LogP contribution in [-0.2, 0) is 11.3 Å². The number of hydrogen-bond acceptors (Lipinski definition) is 4. The zero-order valence-electron chi connectivity index (χ0n) is 14.3. The monoisotopic (exact) mass is 382 g/mol. The summed E-state index contributed by atoms with van der Waals surface area (Å²) in [7, 11) is 0. The second-order valence-electron chi connectivity index (χ2n) is 6.20. The lowest BCUT2D eigenvalue weighted by molar-refractivity contribution is 0.111. The Labute approximate surface area is 158 Å². The quantitative estimate of drug-likeness (QED) is 0.710. The molecule has 1 aromatic heterocycles. The molecule has 1 aliphatic heterocycles. The van der Waals surface area contributed by atoms with E-state index in [1.807, 2.05) is 18.3 Å². The van der Waals surface area contributed by atoms with Gasteiger partial charge in [-0.3, -0.25) is 0 Å². The highest BCUT2D eigenvalue weighted by Crippen LogP contribution is 2.24. The fraction of sp³-hybridized carbons (Fsp3) is 0.500. The molecule has 2 heterocycles. The van der Waals surface area contributed by atoms with Crippen molar-refractivity contribution in [3.8, 4) is 5.69 Å². The Hall–Kier alpha value is -1.11. The number of rotatable bonds is 8. The third-order valence-electron chi connectivity index (χ3n) is 4.28. The van der Waals surface area contributed by atoms with Crippen LogP contribution < -0.4 is 5.32 Å². The summed E-state index contributed by atoms with van der Waals surface area (Å²) in [6.45, 7) is 7.00. The van der Waals surface area contributed by atoms with Gasteiger partial charge in [0.05, 0.1) is 28.0 Å². The lowest BCUT2D eigenvalue weighted by Gasteiger charge is -2.26. The normalized spacial score (nSPS) is 15.6. The fourth-order valence-corrected chi connectivity index (χ4v) is 3.15. The summed E-state index contributed by atoms with van der Waals surface area (Å²) in [6.07, 6.45) is 4.16. The second-order valence-corrected chi connectivity index (χ2v) is 7.02. The minimum atomic E-state index is 0.525. The topological polar surface area (TPSA) is 42.3 Å². The van der Waals surface area contributed by atoms with Crippen LogP contribution in [0.15, 0.2) is 30.5 Å². The van der Waals surface area contributed by atoms with Crippen molar-refractivity contribution >= 4 is 23.2 Å². The van der Waals surface area contributed by atoms with Crippen molar-refractivity contribution in [3.05, 3.63) is 46.2 Å². The summed E-state index contributed by atoms with van der Waals surface area (Å²) < 4.78 is 7.53. The van der Waals surface area contributed by atoms with Crippen molar-refractivity contribution in [2.45, 2.75) is 19.4 Å². The molecule has 0 atom stereocenters. The van der Waals surface area contributed by atoms with Crippen molar-refractivity contribution < 1.29 is 4.74 Å². The molecule has 0 aliphatic carbocycles. The van der Waals surface area contributed by atoms with E-state index < -0.39 is 0 Å². The molecular formula is C18H24Cl2N4O. The first-order valence-corrected chi connectivity index (χ1v) is 9.49. The van der Waals surface area contributed by atoms with Crippen LogP contribution in [0.5, 0.6) is 0 Å². The largest absolute Gasteiger partial charge is 0.375 e. The highest BCUT2D eigenvalue weighted by atomic mass is 35.5. The fourth-order valence-electron chi connectivity index (χ4n) is 2.86. The van der Waals surface area contributed by atoms with Crippen molar-refractivity contribution in [3.63, 3.8) is 0 Å². The molecule has 5 nitrogen and oxygen atoms in total. The van der Waals surface area contributed by atoms with Crippen molar-refractivity contribution in [1.29, 1.82) is 0 Å². The van der Waals surface area contributed by atoms with Crippen LogP contribution in [0.25, 0.3) is 5.69 Å². The molecule has 0 unspecified atom stereocenters. The Morgan fingerprint density at radius 1 is 1.08 bits per heavy atom. The first-order valence-electron chi connectivity index (χ1n) is 8.73. The van der Waals surface area contributed by atoms with Crippen molar-refractivity contribution in [2.75, 3.05) is 39.3 Å². The van der Waals surface area contributed by atoms with Gasteiger partial charge in [0, 0.05) is 39.0 Å². The van der Waals surface area contributed by atoms with E-state index in [1.54, 1.807) is 16.8 Å². The van der Waals surface area contributed by atoms with E-state index >= 15 is 0 Å². The summed E-state index contributed by atoms with van der Waals surface area (Å²) in [5.41, 5.74) is 1.80. The van der Waals surface area contributed by atoms with Crippen LogP contribution in [0.4, 0.5) is 0 Å². The van der Waals surface area contributed by atoms with Gasteiger partial charge in [0.1, 0.15) is 0 Å². The molecule has 0 amide bonds. The number of aromatic nitrogens is 2. The Balaban J connectivity index is 1.36. The summed E-state index contributed by atoms with van der Waals surface area (Å²) in [5.74, 6) is 0. The van der Waals surface area contributed by atoms with E-state index in [1.165, 1.54) is 6.42 Å². The number of piperazine rings is 1. The Kier molecular flexibility index (Phi) is 7.13. The van der Waals surface area contributed by atoms with Crippen LogP contribution in [0.3, 0.4) is 0 Å². The van der Waals surface area contributed by atoms with E-state index in [4.69, 9.17) is 27.9 Å². The van der Waals surface area contributed by atoms with Crippen molar-refractivity contribution in [2.24, 2.45) is 0 Å². The SMILES string of the molecule is Clc1ccc(-n2ccc(COCCCCN3CCNCC3)n2)cc1Cl. The zero-order chi connectivity index (χ0) is 17.5. The van der Waals surface area contributed by atoms with Gasteiger partial charge in [0.15, 0.2) is 0 Å². The van der Waals surface area contributed by atoms with Gasteiger partial charge in [-0.1, -0.05) is 23.2 Å². The lowest BCUT2D eigenvalue weighted by Crippen LogP contribution is -2.43. The molecule has 1 aromatic carbocycles. The van der Waals surface area contributed by atoms with Gasteiger partial charge in [0.25, 0.3) is 0 Å². The molecule has 0 radical (unpaired) electrons. The number of unbranched alkanes of at least 4 members (excludes halogenated alkanes) is 1. The number of halogens is 2. The highest BCUT2D eigenvalue weighted by Gasteiger charge is 2.08. The lowest BCUT2D eigenvalue weighted by atomic mass is 10.2. The highest BCUT2D eigenvalue weighted by molar-refractivity contribution is 6.42. The number of ether oxygens (including phenoxy) is 1. The van der Waals surface area contributed by atoms with E-state index in [0.29, 0.717) is 16.7 Å². The molecule has 0 saturated carbocycles. The molecule has 136 valence electrons. The Bertz CT molecular complexity index is 671.